The molecule has 0 fully saturated rings. The Bertz CT molecular complexity index is 768. The summed E-state index contributed by atoms with van der Waals surface area (Å²) >= 11 is 11.7. The van der Waals surface area contributed by atoms with E-state index in [1.807, 2.05) is 0 Å². The van der Waals surface area contributed by atoms with Crippen molar-refractivity contribution < 1.29 is 14.5 Å². The molecule has 0 atom stereocenters. The number of anilines is 1. The summed E-state index contributed by atoms with van der Waals surface area (Å²) in [7, 11) is 0. The normalized spacial score (nSPS) is 10.2. The molecule has 1 aromatic heterocycles. The van der Waals surface area contributed by atoms with Crippen LogP contribution in [0.4, 0.5) is 11.5 Å². The fourth-order valence-electron chi connectivity index (χ4n) is 1.72. The monoisotopic (exact) mass is 355 g/mol. The van der Waals surface area contributed by atoms with E-state index in [1.165, 1.54) is 12.1 Å². The van der Waals surface area contributed by atoms with Gasteiger partial charge in [0.1, 0.15) is 17.8 Å². The van der Waals surface area contributed by atoms with Crippen molar-refractivity contribution in [3.05, 3.63) is 56.2 Å². The first-order valence-electron chi connectivity index (χ1n) is 6.35. The largest absolute Gasteiger partial charge is 0.482 e. The maximum absolute atomic E-state index is 11.8. The number of aryl methyl sites for hydroxylation is 1. The van der Waals surface area contributed by atoms with E-state index < -0.39 is 10.8 Å². The van der Waals surface area contributed by atoms with Gasteiger partial charge < -0.3 is 10.1 Å². The van der Waals surface area contributed by atoms with Gasteiger partial charge in [-0.1, -0.05) is 23.2 Å². The van der Waals surface area contributed by atoms with Gasteiger partial charge in [-0.3, -0.25) is 14.9 Å². The Morgan fingerprint density at radius 3 is 2.74 bits per heavy atom. The number of nitrogens with zero attached hydrogens (tertiary/aromatic N) is 2. The number of nitrogens with one attached hydrogen (secondary N) is 1. The summed E-state index contributed by atoms with van der Waals surface area (Å²) < 4.78 is 5.28. The zero-order chi connectivity index (χ0) is 17.0. The Kier molecular flexibility index (Phi) is 5.36. The molecule has 0 bridgehead atoms. The third kappa shape index (κ3) is 4.54. The second-order valence-corrected chi connectivity index (χ2v) is 5.37. The molecule has 23 heavy (non-hydrogen) atoms. The fourth-order valence-corrected chi connectivity index (χ4v) is 2.19. The predicted molar refractivity (Wildman–Crippen MR) is 86.2 cm³/mol. The van der Waals surface area contributed by atoms with Crippen molar-refractivity contribution in [2.24, 2.45) is 0 Å². The van der Waals surface area contributed by atoms with Crippen molar-refractivity contribution >= 4 is 40.6 Å². The Morgan fingerprint density at radius 1 is 1.39 bits per heavy atom. The van der Waals surface area contributed by atoms with Gasteiger partial charge in [-0.05, 0) is 31.2 Å². The van der Waals surface area contributed by atoms with E-state index in [4.69, 9.17) is 27.9 Å². The molecule has 0 radical (unpaired) electrons. The Labute approximate surface area is 141 Å². The molecule has 1 amide bonds. The highest BCUT2D eigenvalue weighted by Gasteiger charge is 2.13. The summed E-state index contributed by atoms with van der Waals surface area (Å²) in [6.07, 6.45) is 1.09. The molecule has 0 saturated carbocycles. The molecule has 9 heteroatoms. The lowest BCUT2D eigenvalue weighted by Crippen LogP contribution is -2.21. The zero-order valence-corrected chi connectivity index (χ0v) is 13.4. The lowest BCUT2D eigenvalue weighted by atomic mass is 10.2. The van der Waals surface area contributed by atoms with Crippen molar-refractivity contribution in [1.29, 1.82) is 0 Å². The number of carbonyl (C=O) groups is 1. The summed E-state index contributed by atoms with van der Waals surface area (Å²) in [5, 5.41) is 13.9. The van der Waals surface area contributed by atoms with Crippen molar-refractivity contribution in [3.8, 4) is 5.75 Å². The number of aromatic nitrogens is 1. The molecule has 0 unspecified atom stereocenters. The van der Waals surface area contributed by atoms with Gasteiger partial charge in [0, 0.05) is 10.6 Å². The van der Waals surface area contributed by atoms with Crippen LogP contribution in [0.25, 0.3) is 0 Å². The molecular formula is C14H11Cl2N3O4. The minimum absolute atomic E-state index is 0.118. The number of nitro groups is 1. The molecule has 7 nitrogen and oxygen atoms in total. The number of hydrogen-bond acceptors (Lipinski definition) is 5. The number of ether oxygens (including phenoxy) is 1. The number of rotatable bonds is 5. The van der Waals surface area contributed by atoms with Gasteiger partial charge in [0.25, 0.3) is 11.6 Å². The summed E-state index contributed by atoms with van der Waals surface area (Å²) in [5.41, 5.74) is 0.272. The summed E-state index contributed by atoms with van der Waals surface area (Å²) in [4.78, 5) is 25.8. The summed E-state index contributed by atoms with van der Waals surface area (Å²) in [5.74, 6) is 0.0414. The molecular weight excluding hydrogens is 345 g/mol. The van der Waals surface area contributed by atoms with Gasteiger partial charge in [-0.15, -0.1) is 0 Å². The van der Waals surface area contributed by atoms with Gasteiger partial charge in [0.15, 0.2) is 6.61 Å². The van der Waals surface area contributed by atoms with Gasteiger partial charge in [-0.25, -0.2) is 4.98 Å². The lowest BCUT2D eigenvalue weighted by Gasteiger charge is -2.09. The first-order chi connectivity index (χ1) is 10.9. The number of carbonyl (C=O) groups excluding carboxylic acids is 1. The highest BCUT2D eigenvalue weighted by atomic mass is 35.5. The van der Waals surface area contributed by atoms with E-state index in [1.54, 1.807) is 19.1 Å². The van der Waals surface area contributed by atoms with Gasteiger partial charge in [-0.2, -0.15) is 0 Å². The molecule has 2 aromatic rings. The first kappa shape index (κ1) is 17.0. The lowest BCUT2D eigenvalue weighted by molar-refractivity contribution is -0.385. The van der Waals surface area contributed by atoms with Crippen LogP contribution >= 0.6 is 23.2 Å². The van der Waals surface area contributed by atoms with Crippen LogP contribution in [-0.2, 0) is 4.79 Å². The smallest absolute Gasteiger partial charge is 0.290 e. The highest BCUT2D eigenvalue weighted by molar-refractivity contribution is 6.35. The molecule has 0 aliphatic heterocycles. The van der Waals surface area contributed by atoms with Crippen LogP contribution < -0.4 is 10.1 Å². The van der Waals surface area contributed by atoms with Crippen LogP contribution in [0.3, 0.4) is 0 Å². The summed E-state index contributed by atoms with van der Waals surface area (Å²) in [6, 6.07) is 6.04. The van der Waals surface area contributed by atoms with E-state index >= 15 is 0 Å². The quantitative estimate of drug-likeness (QED) is 0.652. The predicted octanol–water partition coefficient (Wildman–Crippen LogP) is 3.62. The minimum atomic E-state index is -0.542. The number of amides is 1. The molecule has 1 N–H and O–H groups in total. The average molecular weight is 356 g/mol. The molecule has 120 valence electrons. The second kappa shape index (κ2) is 7.26. The Morgan fingerprint density at radius 2 is 2.13 bits per heavy atom. The number of hydrogen-bond donors (Lipinski definition) is 1. The SMILES string of the molecule is Cc1cc(NC(=O)COc2ccc(Cl)cc2Cl)ncc1[N+](=O)[O-]. The van der Waals surface area contributed by atoms with Crippen LogP contribution in [0.5, 0.6) is 5.75 Å². The fraction of sp³-hybridized carbons (Fsp3) is 0.143. The van der Waals surface area contributed by atoms with E-state index in [0.29, 0.717) is 16.3 Å². The van der Waals surface area contributed by atoms with Gasteiger partial charge >= 0.3 is 0 Å². The van der Waals surface area contributed by atoms with E-state index in [9.17, 15) is 14.9 Å². The van der Waals surface area contributed by atoms with Gasteiger partial charge in [0.05, 0.1) is 9.95 Å². The Hall–Kier alpha value is -2.38. The molecule has 0 spiro atoms. The maximum atomic E-state index is 11.8. The molecule has 0 aliphatic rings. The molecule has 1 heterocycles. The van der Waals surface area contributed by atoms with E-state index in [0.717, 1.165) is 6.20 Å². The van der Waals surface area contributed by atoms with Crippen molar-refractivity contribution in [1.82, 2.24) is 4.98 Å². The van der Waals surface area contributed by atoms with Crippen molar-refractivity contribution in [2.75, 3.05) is 11.9 Å². The third-order valence-corrected chi connectivity index (χ3v) is 3.33. The highest BCUT2D eigenvalue weighted by Crippen LogP contribution is 2.27. The van der Waals surface area contributed by atoms with E-state index in [2.05, 4.69) is 10.3 Å². The van der Waals surface area contributed by atoms with Gasteiger partial charge in [0.2, 0.25) is 0 Å². The Balaban J connectivity index is 1.97. The van der Waals surface area contributed by atoms with Crippen LogP contribution in [0.15, 0.2) is 30.5 Å². The first-order valence-corrected chi connectivity index (χ1v) is 7.11. The van der Waals surface area contributed by atoms with Crippen LogP contribution in [0.2, 0.25) is 10.0 Å². The number of halogens is 2. The standard InChI is InChI=1S/C14H11Cl2N3O4/c1-8-4-13(17-6-11(8)19(21)22)18-14(20)7-23-12-3-2-9(15)5-10(12)16/h2-6H,7H2,1H3,(H,17,18,20). The maximum Gasteiger partial charge on any atom is 0.290 e. The topological polar surface area (TPSA) is 94.4 Å². The average Bonchev–Trinajstić information content (AvgIpc) is 2.46. The summed E-state index contributed by atoms with van der Waals surface area (Å²) in [6.45, 7) is 1.26. The number of benzene rings is 1. The third-order valence-electron chi connectivity index (χ3n) is 2.80. The molecule has 1 aromatic carbocycles. The van der Waals surface area contributed by atoms with Crippen LogP contribution in [0, 0.1) is 17.0 Å². The van der Waals surface area contributed by atoms with Crippen molar-refractivity contribution in [2.45, 2.75) is 6.92 Å². The molecule has 2 rings (SSSR count). The molecule has 0 aliphatic carbocycles. The minimum Gasteiger partial charge on any atom is -0.482 e. The molecule has 0 saturated heterocycles. The van der Waals surface area contributed by atoms with Crippen LogP contribution in [0.1, 0.15) is 5.56 Å². The van der Waals surface area contributed by atoms with Crippen molar-refractivity contribution in [3.63, 3.8) is 0 Å². The van der Waals surface area contributed by atoms with E-state index in [-0.39, 0.29) is 23.1 Å². The number of pyridine rings is 1. The zero-order valence-electron chi connectivity index (χ0n) is 11.9. The van der Waals surface area contributed by atoms with Crippen LogP contribution in [-0.4, -0.2) is 22.4 Å². The second-order valence-electron chi connectivity index (χ2n) is 4.52.